The van der Waals surface area contributed by atoms with Gasteiger partial charge >= 0.3 is 0 Å². The van der Waals surface area contributed by atoms with Crippen LogP contribution in [0.1, 0.15) is 13.8 Å². The summed E-state index contributed by atoms with van der Waals surface area (Å²) >= 11 is 0. The lowest BCUT2D eigenvalue weighted by molar-refractivity contribution is 0.244. The van der Waals surface area contributed by atoms with Crippen molar-refractivity contribution in [3.8, 4) is 5.75 Å². The van der Waals surface area contributed by atoms with Gasteiger partial charge in [-0.3, -0.25) is 0 Å². The molecule has 0 fully saturated rings. The van der Waals surface area contributed by atoms with Gasteiger partial charge in [-0.15, -0.1) is 0 Å². The quantitative estimate of drug-likeness (QED) is 0.864. The Bertz CT molecular complexity index is 528. The summed E-state index contributed by atoms with van der Waals surface area (Å²) in [7, 11) is 0. The number of ether oxygens (including phenoxy) is 1. The van der Waals surface area contributed by atoms with Gasteiger partial charge < -0.3 is 15.8 Å². The summed E-state index contributed by atoms with van der Waals surface area (Å²) in [6.07, 6.45) is 1.72. The van der Waals surface area contributed by atoms with Crippen molar-refractivity contribution in [2.45, 2.75) is 20.0 Å². The normalized spacial score (nSPS) is 10.4. The van der Waals surface area contributed by atoms with Crippen molar-refractivity contribution in [3.63, 3.8) is 0 Å². The number of aromatic nitrogens is 2. The van der Waals surface area contributed by atoms with E-state index in [1.165, 1.54) is 0 Å². The summed E-state index contributed by atoms with van der Waals surface area (Å²) in [4.78, 5) is 7.94. The van der Waals surface area contributed by atoms with Gasteiger partial charge in [0.15, 0.2) is 0 Å². The first-order valence-corrected chi connectivity index (χ1v) is 5.76. The molecule has 1 heterocycles. The predicted molar refractivity (Wildman–Crippen MR) is 71.9 cm³/mol. The molecule has 0 bridgehead atoms. The van der Waals surface area contributed by atoms with E-state index in [9.17, 15) is 0 Å². The first-order valence-electron chi connectivity index (χ1n) is 5.76. The first kappa shape index (κ1) is 12.2. The molecule has 5 heteroatoms. The van der Waals surface area contributed by atoms with Crippen LogP contribution in [-0.2, 0) is 0 Å². The minimum absolute atomic E-state index is 0.114. The fraction of sp³-hybridized carbons (Fsp3) is 0.231. The third kappa shape index (κ3) is 3.10. The molecule has 0 radical (unpaired) electrons. The standard InChI is InChI=1S/C13H16N4O/c1-9(2)18-11-6-4-3-5-10(11)16-12-7-8-15-13(14)17-12/h3-9H,1-2H3,(H3,14,15,16,17). The van der Waals surface area contributed by atoms with E-state index in [1.54, 1.807) is 12.3 Å². The largest absolute Gasteiger partial charge is 0.489 e. The number of anilines is 3. The predicted octanol–water partition coefficient (Wildman–Crippen LogP) is 2.59. The van der Waals surface area contributed by atoms with E-state index < -0.39 is 0 Å². The smallest absolute Gasteiger partial charge is 0.221 e. The second-order valence-corrected chi connectivity index (χ2v) is 4.09. The molecule has 0 spiro atoms. The molecule has 5 nitrogen and oxygen atoms in total. The van der Waals surface area contributed by atoms with Crippen molar-refractivity contribution in [1.82, 2.24) is 9.97 Å². The Balaban J connectivity index is 2.23. The van der Waals surface area contributed by atoms with Gasteiger partial charge in [-0.2, -0.15) is 4.98 Å². The molecule has 0 amide bonds. The second-order valence-electron chi connectivity index (χ2n) is 4.09. The van der Waals surface area contributed by atoms with Crippen LogP contribution in [0, 0.1) is 0 Å². The second kappa shape index (κ2) is 5.35. The number of hydrogen-bond acceptors (Lipinski definition) is 5. The van der Waals surface area contributed by atoms with Gasteiger partial charge in [-0.05, 0) is 32.0 Å². The average Bonchev–Trinajstić information content (AvgIpc) is 2.31. The van der Waals surface area contributed by atoms with Crippen LogP contribution in [-0.4, -0.2) is 16.1 Å². The van der Waals surface area contributed by atoms with Crippen LogP contribution in [0.4, 0.5) is 17.5 Å². The van der Waals surface area contributed by atoms with Crippen molar-refractivity contribution >= 4 is 17.5 Å². The van der Waals surface area contributed by atoms with Crippen LogP contribution in [0.2, 0.25) is 0 Å². The number of para-hydroxylation sites is 2. The van der Waals surface area contributed by atoms with Crippen molar-refractivity contribution in [2.75, 3.05) is 11.1 Å². The van der Waals surface area contributed by atoms with Crippen LogP contribution in [0.25, 0.3) is 0 Å². The molecule has 18 heavy (non-hydrogen) atoms. The maximum atomic E-state index is 5.71. The molecule has 0 atom stereocenters. The Morgan fingerprint density at radius 1 is 1.22 bits per heavy atom. The number of nitrogens with zero attached hydrogens (tertiary/aromatic N) is 2. The molecule has 1 aromatic heterocycles. The fourth-order valence-electron chi connectivity index (χ4n) is 1.51. The number of rotatable bonds is 4. The van der Waals surface area contributed by atoms with E-state index in [4.69, 9.17) is 10.5 Å². The number of nitrogen functional groups attached to an aromatic ring is 1. The highest BCUT2D eigenvalue weighted by molar-refractivity contribution is 5.64. The van der Waals surface area contributed by atoms with Crippen molar-refractivity contribution < 1.29 is 4.74 Å². The Morgan fingerprint density at radius 2 is 2.00 bits per heavy atom. The lowest BCUT2D eigenvalue weighted by atomic mass is 10.3. The van der Waals surface area contributed by atoms with Crippen LogP contribution in [0.15, 0.2) is 36.5 Å². The summed E-state index contributed by atoms with van der Waals surface area (Å²) in [6, 6.07) is 9.45. The van der Waals surface area contributed by atoms with Crippen LogP contribution in [0.5, 0.6) is 5.75 Å². The van der Waals surface area contributed by atoms with Gasteiger partial charge in [0.25, 0.3) is 0 Å². The zero-order chi connectivity index (χ0) is 13.0. The van der Waals surface area contributed by atoms with Gasteiger partial charge in [-0.1, -0.05) is 12.1 Å². The molecular formula is C13H16N4O. The molecule has 94 valence electrons. The molecule has 0 unspecified atom stereocenters. The molecular weight excluding hydrogens is 228 g/mol. The number of nitrogens with two attached hydrogens (primary N) is 1. The zero-order valence-electron chi connectivity index (χ0n) is 10.4. The number of hydrogen-bond donors (Lipinski definition) is 2. The number of nitrogens with one attached hydrogen (secondary N) is 1. The third-order valence-electron chi connectivity index (χ3n) is 2.19. The van der Waals surface area contributed by atoms with Gasteiger partial charge in [-0.25, -0.2) is 4.98 Å². The van der Waals surface area contributed by atoms with Crippen molar-refractivity contribution in [2.24, 2.45) is 0 Å². The minimum atomic E-state index is 0.114. The lowest BCUT2D eigenvalue weighted by Gasteiger charge is -2.15. The van der Waals surface area contributed by atoms with E-state index in [0.717, 1.165) is 11.4 Å². The average molecular weight is 244 g/mol. The highest BCUT2D eigenvalue weighted by atomic mass is 16.5. The van der Waals surface area contributed by atoms with Gasteiger partial charge in [0.1, 0.15) is 11.6 Å². The Labute approximate surface area is 106 Å². The summed E-state index contributed by atoms with van der Waals surface area (Å²) in [5.74, 6) is 1.66. The van der Waals surface area contributed by atoms with Crippen LogP contribution >= 0.6 is 0 Å². The minimum Gasteiger partial charge on any atom is -0.489 e. The van der Waals surface area contributed by atoms with E-state index in [1.807, 2.05) is 38.1 Å². The summed E-state index contributed by atoms with van der Waals surface area (Å²) < 4.78 is 5.71. The molecule has 3 N–H and O–H groups in total. The molecule has 0 aliphatic carbocycles. The lowest BCUT2D eigenvalue weighted by Crippen LogP contribution is -2.07. The Morgan fingerprint density at radius 3 is 2.72 bits per heavy atom. The van der Waals surface area contributed by atoms with Crippen molar-refractivity contribution in [3.05, 3.63) is 36.5 Å². The number of benzene rings is 1. The van der Waals surface area contributed by atoms with Crippen LogP contribution in [0.3, 0.4) is 0 Å². The zero-order valence-corrected chi connectivity index (χ0v) is 10.4. The van der Waals surface area contributed by atoms with Crippen LogP contribution < -0.4 is 15.8 Å². The molecule has 0 saturated heterocycles. The monoisotopic (exact) mass is 244 g/mol. The third-order valence-corrected chi connectivity index (χ3v) is 2.19. The van der Waals surface area contributed by atoms with E-state index >= 15 is 0 Å². The van der Waals surface area contributed by atoms with E-state index in [2.05, 4.69) is 15.3 Å². The molecule has 2 rings (SSSR count). The summed E-state index contributed by atoms with van der Waals surface area (Å²) in [6.45, 7) is 3.97. The molecule has 2 aromatic rings. The maximum absolute atomic E-state index is 5.71. The molecule has 0 saturated carbocycles. The first-order chi connectivity index (χ1) is 8.65. The van der Waals surface area contributed by atoms with Crippen molar-refractivity contribution in [1.29, 1.82) is 0 Å². The Kier molecular flexibility index (Phi) is 3.62. The molecule has 1 aromatic carbocycles. The van der Waals surface area contributed by atoms with E-state index in [-0.39, 0.29) is 12.1 Å². The maximum Gasteiger partial charge on any atom is 0.221 e. The highest BCUT2D eigenvalue weighted by Gasteiger charge is 2.05. The Hall–Kier alpha value is -2.30. The van der Waals surface area contributed by atoms with Gasteiger partial charge in [0, 0.05) is 6.20 Å². The van der Waals surface area contributed by atoms with E-state index in [0.29, 0.717) is 5.82 Å². The summed E-state index contributed by atoms with van der Waals surface area (Å²) in [5, 5.41) is 3.16. The SMILES string of the molecule is CC(C)Oc1ccccc1Nc1ccnc(N)n1. The van der Waals surface area contributed by atoms with Gasteiger partial charge in [0.2, 0.25) is 5.95 Å². The topological polar surface area (TPSA) is 73.1 Å². The summed E-state index contributed by atoms with van der Waals surface area (Å²) in [5.41, 5.74) is 6.39. The molecule has 0 aliphatic rings. The molecule has 0 aliphatic heterocycles. The fourth-order valence-corrected chi connectivity index (χ4v) is 1.51. The highest BCUT2D eigenvalue weighted by Crippen LogP contribution is 2.27. The van der Waals surface area contributed by atoms with Gasteiger partial charge in [0.05, 0.1) is 11.8 Å².